The molecule has 2 unspecified atom stereocenters. The average molecular weight is 307 g/mol. The molecule has 3 heterocycles. The Morgan fingerprint density at radius 3 is 2.64 bits per heavy atom. The first-order chi connectivity index (χ1) is 10.6. The standard InChI is InChI=1S/C16H25N3O3/c1-11-14(12(2)22-17-11)10-19-8-5-13(9-15(19)16(20)21)18-6-3-4-7-18/h13,15H,3-10H2,1-2H3,(H,20,21). The van der Waals surface area contributed by atoms with E-state index in [0.29, 0.717) is 12.6 Å². The lowest BCUT2D eigenvalue weighted by Crippen LogP contribution is -2.52. The zero-order valence-corrected chi connectivity index (χ0v) is 13.4. The van der Waals surface area contributed by atoms with Crippen LogP contribution in [0.5, 0.6) is 0 Å². The predicted octanol–water partition coefficient (Wildman–Crippen LogP) is 1.80. The van der Waals surface area contributed by atoms with Crippen molar-refractivity contribution < 1.29 is 14.4 Å². The largest absolute Gasteiger partial charge is 0.480 e. The van der Waals surface area contributed by atoms with E-state index < -0.39 is 12.0 Å². The lowest BCUT2D eigenvalue weighted by atomic mass is 9.95. The molecule has 1 aromatic heterocycles. The van der Waals surface area contributed by atoms with Gasteiger partial charge in [0.05, 0.1) is 5.69 Å². The molecule has 0 aliphatic carbocycles. The fourth-order valence-corrected chi connectivity index (χ4v) is 3.81. The summed E-state index contributed by atoms with van der Waals surface area (Å²) in [4.78, 5) is 16.3. The van der Waals surface area contributed by atoms with Crippen molar-refractivity contribution in [1.29, 1.82) is 0 Å². The van der Waals surface area contributed by atoms with Gasteiger partial charge in [-0.15, -0.1) is 0 Å². The highest BCUT2D eigenvalue weighted by molar-refractivity contribution is 5.73. The summed E-state index contributed by atoms with van der Waals surface area (Å²) in [5.41, 5.74) is 1.90. The van der Waals surface area contributed by atoms with Gasteiger partial charge in [-0.2, -0.15) is 0 Å². The molecule has 0 bridgehead atoms. The van der Waals surface area contributed by atoms with Gasteiger partial charge >= 0.3 is 5.97 Å². The summed E-state index contributed by atoms with van der Waals surface area (Å²) in [6.45, 7) is 7.50. The summed E-state index contributed by atoms with van der Waals surface area (Å²) in [6.07, 6.45) is 4.26. The second-order valence-corrected chi connectivity index (χ2v) is 6.55. The summed E-state index contributed by atoms with van der Waals surface area (Å²) in [6, 6.07) is 0.0116. The van der Waals surface area contributed by atoms with E-state index in [4.69, 9.17) is 4.52 Å². The number of hydrogen-bond donors (Lipinski definition) is 1. The van der Waals surface area contributed by atoms with Gasteiger partial charge in [-0.25, -0.2) is 0 Å². The van der Waals surface area contributed by atoms with Gasteiger partial charge in [0.2, 0.25) is 0 Å². The van der Waals surface area contributed by atoms with E-state index in [2.05, 4.69) is 15.0 Å². The average Bonchev–Trinajstić information content (AvgIpc) is 3.13. The van der Waals surface area contributed by atoms with E-state index in [-0.39, 0.29) is 0 Å². The third-order valence-electron chi connectivity index (χ3n) is 5.17. The van der Waals surface area contributed by atoms with Crippen LogP contribution < -0.4 is 0 Å². The molecule has 2 aliphatic rings. The Morgan fingerprint density at radius 1 is 1.32 bits per heavy atom. The first-order valence-electron chi connectivity index (χ1n) is 8.19. The summed E-state index contributed by atoms with van der Waals surface area (Å²) < 4.78 is 5.20. The maximum Gasteiger partial charge on any atom is 0.320 e. The van der Waals surface area contributed by atoms with Crippen molar-refractivity contribution in [2.24, 2.45) is 0 Å². The van der Waals surface area contributed by atoms with Crippen LogP contribution in [-0.2, 0) is 11.3 Å². The predicted molar refractivity (Wildman–Crippen MR) is 81.6 cm³/mol. The summed E-state index contributed by atoms with van der Waals surface area (Å²) in [7, 11) is 0. The lowest BCUT2D eigenvalue weighted by molar-refractivity contribution is -0.146. The number of carbonyl (C=O) groups is 1. The molecule has 0 aromatic carbocycles. The number of carboxylic acids is 1. The van der Waals surface area contributed by atoms with Crippen molar-refractivity contribution >= 4 is 5.97 Å². The highest BCUT2D eigenvalue weighted by Crippen LogP contribution is 2.27. The Bertz CT molecular complexity index is 517. The molecule has 1 N–H and O–H groups in total. The van der Waals surface area contributed by atoms with Crippen LogP contribution >= 0.6 is 0 Å². The molecular weight excluding hydrogens is 282 g/mol. The smallest absolute Gasteiger partial charge is 0.320 e. The molecule has 2 fully saturated rings. The molecule has 2 atom stereocenters. The van der Waals surface area contributed by atoms with Crippen LogP contribution in [-0.4, -0.2) is 57.8 Å². The number of aromatic nitrogens is 1. The van der Waals surface area contributed by atoms with Crippen LogP contribution in [0, 0.1) is 13.8 Å². The minimum Gasteiger partial charge on any atom is -0.480 e. The molecule has 0 amide bonds. The van der Waals surface area contributed by atoms with Crippen LogP contribution in [0.2, 0.25) is 0 Å². The Kier molecular flexibility index (Phi) is 4.49. The number of likely N-dealkylation sites (tertiary alicyclic amines) is 2. The molecule has 0 saturated carbocycles. The van der Waals surface area contributed by atoms with Gasteiger partial charge in [0.15, 0.2) is 0 Å². The number of aliphatic carboxylic acids is 1. The topological polar surface area (TPSA) is 69.8 Å². The van der Waals surface area contributed by atoms with Crippen LogP contribution in [0.3, 0.4) is 0 Å². The number of hydrogen-bond acceptors (Lipinski definition) is 5. The Morgan fingerprint density at radius 2 is 2.05 bits per heavy atom. The summed E-state index contributed by atoms with van der Waals surface area (Å²) in [5.74, 6) is 0.0824. The third kappa shape index (κ3) is 3.03. The second-order valence-electron chi connectivity index (χ2n) is 6.55. The SMILES string of the molecule is Cc1noc(C)c1CN1CCC(N2CCCC2)CC1C(=O)O. The molecule has 0 radical (unpaired) electrons. The van der Waals surface area contributed by atoms with E-state index >= 15 is 0 Å². The van der Waals surface area contributed by atoms with Crippen molar-refractivity contribution in [1.82, 2.24) is 15.0 Å². The number of rotatable bonds is 4. The van der Waals surface area contributed by atoms with E-state index in [1.54, 1.807) is 0 Å². The number of piperidine rings is 1. The minimum atomic E-state index is -0.712. The van der Waals surface area contributed by atoms with E-state index in [1.807, 2.05) is 13.8 Å². The maximum atomic E-state index is 11.7. The Labute approximate surface area is 131 Å². The van der Waals surface area contributed by atoms with Crippen LogP contribution in [0.1, 0.15) is 42.7 Å². The molecule has 0 spiro atoms. The van der Waals surface area contributed by atoms with Crippen LogP contribution in [0.25, 0.3) is 0 Å². The molecule has 6 heteroatoms. The van der Waals surface area contributed by atoms with Gasteiger partial charge in [0.1, 0.15) is 11.8 Å². The monoisotopic (exact) mass is 307 g/mol. The van der Waals surface area contributed by atoms with Crippen molar-refractivity contribution in [3.8, 4) is 0 Å². The minimum absolute atomic E-state index is 0.409. The van der Waals surface area contributed by atoms with E-state index in [9.17, 15) is 9.90 Å². The number of nitrogens with zero attached hydrogens (tertiary/aromatic N) is 3. The quantitative estimate of drug-likeness (QED) is 0.915. The summed E-state index contributed by atoms with van der Waals surface area (Å²) in [5, 5.41) is 13.6. The normalized spacial score (nSPS) is 27.4. The van der Waals surface area contributed by atoms with Gasteiger partial charge in [0, 0.05) is 24.7 Å². The zero-order chi connectivity index (χ0) is 15.7. The fourth-order valence-electron chi connectivity index (χ4n) is 3.81. The van der Waals surface area contributed by atoms with Gasteiger partial charge in [-0.1, -0.05) is 5.16 Å². The first kappa shape index (κ1) is 15.5. The molecule has 122 valence electrons. The molecule has 6 nitrogen and oxygen atoms in total. The highest BCUT2D eigenvalue weighted by Gasteiger charge is 2.36. The Hall–Kier alpha value is -1.40. The van der Waals surface area contributed by atoms with Crippen molar-refractivity contribution in [2.45, 2.75) is 58.2 Å². The molecular formula is C16H25N3O3. The zero-order valence-electron chi connectivity index (χ0n) is 13.4. The number of carboxylic acid groups (broad SMARTS) is 1. The van der Waals surface area contributed by atoms with Gasteiger partial charge < -0.3 is 14.5 Å². The molecule has 2 aliphatic heterocycles. The molecule has 22 heavy (non-hydrogen) atoms. The molecule has 3 rings (SSSR count). The summed E-state index contributed by atoms with van der Waals surface area (Å²) >= 11 is 0. The first-order valence-corrected chi connectivity index (χ1v) is 8.19. The van der Waals surface area contributed by atoms with Crippen LogP contribution in [0.15, 0.2) is 4.52 Å². The fraction of sp³-hybridized carbons (Fsp3) is 0.750. The van der Waals surface area contributed by atoms with Crippen molar-refractivity contribution in [2.75, 3.05) is 19.6 Å². The van der Waals surface area contributed by atoms with Gasteiger partial charge in [0.25, 0.3) is 0 Å². The lowest BCUT2D eigenvalue weighted by Gasteiger charge is -2.40. The van der Waals surface area contributed by atoms with E-state index in [0.717, 1.165) is 49.5 Å². The second kappa shape index (κ2) is 6.38. The van der Waals surface area contributed by atoms with Crippen molar-refractivity contribution in [3.05, 3.63) is 17.0 Å². The molecule has 1 aromatic rings. The third-order valence-corrected chi connectivity index (χ3v) is 5.17. The number of aryl methyl sites for hydroxylation is 2. The highest BCUT2D eigenvalue weighted by atomic mass is 16.5. The molecule has 2 saturated heterocycles. The maximum absolute atomic E-state index is 11.7. The van der Waals surface area contributed by atoms with E-state index in [1.165, 1.54) is 12.8 Å². The van der Waals surface area contributed by atoms with Gasteiger partial charge in [-0.3, -0.25) is 9.69 Å². The Balaban J connectivity index is 1.70. The van der Waals surface area contributed by atoms with Gasteiger partial charge in [-0.05, 0) is 52.6 Å². The van der Waals surface area contributed by atoms with Crippen molar-refractivity contribution in [3.63, 3.8) is 0 Å². The van der Waals surface area contributed by atoms with Crippen LogP contribution in [0.4, 0.5) is 0 Å².